The molecular weight excluding hydrogens is 316 g/mol. The van der Waals surface area contributed by atoms with Gasteiger partial charge in [0.1, 0.15) is 0 Å². The molecule has 3 nitrogen and oxygen atoms in total. The van der Waals surface area contributed by atoms with Gasteiger partial charge in [0.05, 0.1) is 0 Å². The third-order valence-corrected chi connectivity index (χ3v) is 3.49. The summed E-state index contributed by atoms with van der Waals surface area (Å²) in [6.45, 7) is 2.35. The molecule has 0 aliphatic carbocycles. The molecule has 1 N–H and O–H groups in total. The summed E-state index contributed by atoms with van der Waals surface area (Å²) in [5.41, 5.74) is 3.18. The zero-order chi connectivity index (χ0) is 14.5. The van der Waals surface area contributed by atoms with Gasteiger partial charge >= 0.3 is 0 Å². The van der Waals surface area contributed by atoms with Crippen LogP contribution in [0.25, 0.3) is 0 Å². The molecule has 0 saturated carbocycles. The summed E-state index contributed by atoms with van der Waals surface area (Å²) in [4.78, 5) is 13.1. The Balaban J connectivity index is 2.03. The Morgan fingerprint density at radius 1 is 1.10 bits per heavy atom. The molecule has 0 bridgehead atoms. The van der Waals surface area contributed by atoms with E-state index in [4.69, 9.17) is 0 Å². The van der Waals surface area contributed by atoms with Crippen molar-refractivity contribution in [2.75, 3.05) is 17.3 Å². The van der Waals surface area contributed by atoms with E-state index >= 15 is 0 Å². The van der Waals surface area contributed by atoms with Crippen molar-refractivity contribution < 1.29 is 4.79 Å². The maximum Gasteiger partial charge on any atom is 0.221 e. The van der Waals surface area contributed by atoms with Crippen LogP contribution in [0.3, 0.4) is 0 Å². The number of rotatable bonds is 4. The van der Waals surface area contributed by atoms with Gasteiger partial charge in [0.25, 0.3) is 0 Å². The maximum atomic E-state index is 11.0. The average Bonchev–Trinajstić information content (AvgIpc) is 2.41. The van der Waals surface area contributed by atoms with Crippen LogP contribution in [0, 0.1) is 0 Å². The lowest BCUT2D eigenvalue weighted by Crippen LogP contribution is -2.16. The fourth-order valence-electron chi connectivity index (χ4n) is 1.96. The van der Waals surface area contributed by atoms with E-state index in [0.717, 1.165) is 22.4 Å². The lowest BCUT2D eigenvalue weighted by atomic mass is 10.2. The number of anilines is 2. The monoisotopic (exact) mass is 332 g/mol. The van der Waals surface area contributed by atoms with Crippen molar-refractivity contribution in [1.82, 2.24) is 0 Å². The van der Waals surface area contributed by atoms with Gasteiger partial charge in [-0.15, -0.1) is 0 Å². The van der Waals surface area contributed by atoms with Crippen LogP contribution in [0.5, 0.6) is 0 Å². The predicted octanol–water partition coefficient (Wildman–Crippen LogP) is 4.04. The second-order valence-electron chi connectivity index (χ2n) is 4.71. The molecule has 0 aliphatic heterocycles. The van der Waals surface area contributed by atoms with Gasteiger partial charge in [0.2, 0.25) is 5.91 Å². The Kier molecular flexibility index (Phi) is 4.79. The maximum absolute atomic E-state index is 11.0. The van der Waals surface area contributed by atoms with E-state index in [1.54, 1.807) is 0 Å². The van der Waals surface area contributed by atoms with Crippen LogP contribution in [0.1, 0.15) is 12.5 Å². The van der Waals surface area contributed by atoms with Crippen molar-refractivity contribution >= 4 is 33.2 Å². The number of carbonyl (C=O) groups excluding carboxylic acids is 1. The molecule has 0 heterocycles. The topological polar surface area (TPSA) is 32.3 Å². The lowest BCUT2D eigenvalue weighted by Gasteiger charge is -2.20. The van der Waals surface area contributed by atoms with Crippen molar-refractivity contribution in [2.24, 2.45) is 0 Å². The molecule has 0 aliphatic rings. The molecule has 0 spiro atoms. The fraction of sp³-hybridized carbons (Fsp3) is 0.188. The van der Waals surface area contributed by atoms with Crippen LogP contribution in [-0.4, -0.2) is 13.0 Å². The first-order chi connectivity index (χ1) is 9.54. The summed E-state index contributed by atoms with van der Waals surface area (Å²) in [6.07, 6.45) is 0. The zero-order valence-electron chi connectivity index (χ0n) is 11.6. The first-order valence-electron chi connectivity index (χ1n) is 6.38. The summed E-state index contributed by atoms with van der Waals surface area (Å²) in [5.74, 6) is -0.0547. The molecule has 0 atom stereocenters. The van der Waals surface area contributed by atoms with Crippen molar-refractivity contribution in [3.63, 3.8) is 0 Å². The lowest BCUT2D eigenvalue weighted by molar-refractivity contribution is -0.114. The van der Waals surface area contributed by atoms with E-state index in [1.165, 1.54) is 12.5 Å². The van der Waals surface area contributed by atoms with Gasteiger partial charge in [-0.2, -0.15) is 0 Å². The van der Waals surface area contributed by atoms with Gasteiger partial charge in [-0.25, -0.2) is 0 Å². The minimum Gasteiger partial charge on any atom is -0.370 e. The minimum absolute atomic E-state index is 0.0547. The predicted molar refractivity (Wildman–Crippen MR) is 87.0 cm³/mol. The second kappa shape index (κ2) is 6.57. The van der Waals surface area contributed by atoms with E-state index in [1.807, 2.05) is 36.4 Å². The summed E-state index contributed by atoms with van der Waals surface area (Å²) in [7, 11) is 2.05. The molecule has 1 amide bonds. The SMILES string of the molecule is CC(=O)Nc1ccc(N(C)Cc2ccc(Br)cc2)cc1. The third kappa shape index (κ3) is 4.10. The summed E-state index contributed by atoms with van der Waals surface area (Å²) in [6, 6.07) is 16.1. The molecule has 0 aromatic heterocycles. The normalized spacial score (nSPS) is 10.2. The zero-order valence-corrected chi connectivity index (χ0v) is 13.1. The van der Waals surface area contributed by atoms with Crippen molar-refractivity contribution in [2.45, 2.75) is 13.5 Å². The van der Waals surface area contributed by atoms with Crippen molar-refractivity contribution in [1.29, 1.82) is 0 Å². The molecule has 2 aromatic rings. The Morgan fingerprint density at radius 3 is 2.25 bits per heavy atom. The van der Waals surface area contributed by atoms with Gasteiger partial charge < -0.3 is 10.2 Å². The highest BCUT2D eigenvalue weighted by atomic mass is 79.9. The number of benzene rings is 2. The number of hydrogen-bond donors (Lipinski definition) is 1. The van der Waals surface area contributed by atoms with E-state index in [-0.39, 0.29) is 5.91 Å². The minimum atomic E-state index is -0.0547. The van der Waals surface area contributed by atoms with Crippen LogP contribution in [0.15, 0.2) is 53.0 Å². The van der Waals surface area contributed by atoms with Crippen molar-refractivity contribution in [3.8, 4) is 0 Å². The molecule has 2 aromatic carbocycles. The number of nitrogens with one attached hydrogen (secondary N) is 1. The van der Waals surface area contributed by atoms with E-state index in [2.05, 4.69) is 45.3 Å². The van der Waals surface area contributed by atoms with Gasteiger partial charge in [-0.1, -0.05) is 28.1 Å². The quantitative estimate of drug-likeness (QED) is 0.916. The van der Waals surface area contributed by atoms with Gasteiger partial charge in [0, 0.05) is 36.4 Å². The Labute approximate surface area is 127 Å². The molecule has 104 valence electrons. The molecular formula is C16H17BrN2O. The number of hydrogen-bond acceptors (Lipinski definition) is 2. The number of carbonyl (C=O) groups is 1. The van der Waals surface area contributed by atoms with Gasteiger partial charge in [-0.05, 0) is 42.0 Å². The van der Waals surface area contributed by atoms with Crippen LogP contribution in [-0.2, 0) is 11.3 Å². The molecule has 0 unspecified atom stereocenters. The highest BCUT2D eigenvalue weighted by molar-refractivity contribution is 9.10. The molecule has 2 rings (SSSR count). The van der Waals surface area contributed by atoms with Gasteiger partial charge in [0.15, 0.2) is 0 Å². The summed E-state index contributed by atoms with van der Waals surface area (Å²) in [5, 5.41) is 2.76. The average molecular weight is 333 g/mol. The molecule has 20 heavy (non-hydrogen) atoms. The molecule has 4 heteroatoms. The Morgan fingerprint density at radius 2 is 1.70 bits per heavy atom. The van der Waals surface area contributed by atoms with E-state index < -0.39 is 0 Å². The smallest absolute Gasteiger partial charge is 0.221 e. The van der Waals surface area contributed by atoms with Crippen LogP contribution in [0.4, 0.5) is 11.4 Å². The molecule has 0 saturated heterocycles. The number of halogens is 1. The van der Waals surface area contributed by atoms with Crippen LogP contribution < -0.4 is 10.2 Å². The van der Waals surface area contributed by atoms with Crippen molar-refractivity contribution in [3.05, 3.63) is 58.6 Å². The molecule has 0 fully saturated rings. The van der Waals surface area contributed by atoms with E-state index in [0.29, 0.717) is 0 Å². The summed E-state index contributed by atoms with van der Waals surface area (Å²) >= 11 is 3.44. The second-order valence-corrected chi connectivity index (χ2v) is 5.63. The third-order valence-electron chi connectivity index (χ3n) is 2.96. The molecule has 0 radical (unpaired) electrons. The highest BCUT2D eigenvalue weighted by Gasteiger charge is 2.03. The van der Waals surface area contributed by atoms with E-state index in [9.17, 15) is 4.79 Å². The van der Waals surface area contributed by atoms with Gasteiger partial charge in [-0.3, -0.25) is 4.79 Å². The first-order valence-corrected chi connectivity index (χ1v) is 7.17. The van der Waals surface area contributed by atoms with Crippen LogP contribution >= 0.6 is 15.9 Å². The fourth-order valence-corrected chi connectivity index (χ4v) is 2.22. The Bertz CT molecular complexity index is 578. The summed E-state index contributed by atoms with van der Waals surface area (Å²) < 4.78 is 1.09. The highest BCUT2D eigenvalue weighted by Crippen LogP contribution is 2.19. The number of amides is 1. The first kappa shape index (κ1) is 14.6. The Hall–Kier alpha value is -1.81. The van der Waals surface area contributed by atoms with Crippen LogP contribution in [0.2, 0.25) is 0 Å². The standard InChI is InChI=1S/C16H17BrN2O/c1-12(20)18-15-7-9-16(10-8-15)19(2)11-13-3-5-14(17)6-4-13/h3-10H,11H2,1-2H3,(H,18,20). The number of nitrogens with zero attached hydrogens (tertiary/aromatic N) is 1. The largest absolute Gasteiger partial charge is 0.370 e.